The Kier molecular flexibility index (Phi) is 6.24. The molecule has 3 amide bonds. The Balaban J connectivity index is 1.03. The van der Waals surface area contributed by atoms with Crippen molar-refractivity contribution in [2.75, 3.05) is 29.9 Å². The minimum atomic E-state index is -0.133. The number of hydrogen-bond acceptors (Lipinski definition) is 5. The monoisotopic (exact) mass is 574 g/mol. The quantitative estimate of drug-likeness (QED) is 0.255. The number of fused-ring (bicyclic) bond motifs is 2. The van der Waals surface area contributed by atoms with E-state index in [0.29, 0.717) is 23.7 Å². The maximum absolute atomic E-state index is 13.5. The number of H-pyrrole nitrogens is 1. The van der Waals surface area contributed by atoms with E-state index in [1.54, 1.807) is 23.6 Å². The summed E-state index contributed by atoms with van der Waals surface area (Å²) in [6, 6.07) is 13.8. The fourth-order valence-electron chi connectivity index (χ4n) is 6.20. The first kappa shape index (κ1) is 25.4. The number of anilines is 2. The van der Waals surface area contributed by atoms with E-state index in [1.165, 1.54) is 10.4 Å². The third-order valence-electron chi connectivity index (χ3n) is 8.68. The lowest BCUT2D eigenvalue weighted by Crippen LogP contribution is -2.54. The molecule has 1 aliphatic carbocycles. The number of rotatable bonds is 7. The molecule has 40 heavy (non-hydrogen) atoms. The van der Waals surface area contributed by atoms with E-state index < -0.39 is 0 Å². The standard InChI is InChI=1S/C30H31ClN6O2S/c1-18-14-33-28(40-18)34-17-30(10-11-30)20-5-7-21(8-6-20)37-16-26-24(3-2-12-36(26)29(37)39)35-27(38)19-4-9-22-23(31)15-32-25(22)13-19/h4-9,13-15,24,26,32H,2-3,10-12,16-17H2,1H3,(H,33,34)(H,35,38)/t24-,26-/m1/s1. The van der Waals surface area contributed by atoms with Crippen LogP contribution in [0.2, 0.25) is 5.02 Å². The number of carbonyl (C=O) groups excluding carboxylic acids is 2. The second-order valence-electron chi connectivity index (χ2n) is 11.2. The second kappa shape index (κ2) is 9.82. The van der Waals surface area contributed by atoms with Crippen LogP contribution in [-0.2, 0) is 5.41 Å². The fraction of sp³-hybridized carbons (Fsp3) is 0.367. The van der Waals surface area contributed by atoms with Crippen molar-refractivity contribution in [2.45, 2.75) is 50.1 Å². The molecule has 2 saturated heterocycles. The molecule has 0 radical (unpaired) electrons. The zero-order chi connectivity index (χ0) is 27.4. The van der Waals surface area contributed by atoms with E-state index in [2.05, 4.69) is 51.8 Å². The minimum Gasteiger partial charge on any atom is -0.361 e. The van der Waals surface area contributed by atoms with Crippen LogP contribution in [0.3, 0.4) is 0 Å². The smallest absolute Gasteiger partial charge is 0.324 e. The number of carbonyl (C=O) groups is 2. The number of hydrogen-bond donors (Lipinski definition) is 3. The zero-order valence-electron chi connectivity index (χ0n) is 22.2. The summed E-state index contributed by atoms with van der Waals surface area (Å²) in [5.74, 6) is -0.133. The van der Waals surface area contributed by atoms with Gasteiger partial charge >= 0.3 is 6.03 Å². The molecule has 10 heteroatoms. The molecule has 3 N–H and O–H groups in total. The van der Waals surface area contributed by atoms with Crippen molar-refractivity contribution in [1.82, 2.24) is 20.2 Å². The topological polar surface area (TPSA) is 93.4 Å². The molecule has 1 saturated carbocycles. The average Bonchev–Trinajstić information content (AvgIpc) is 3.31. The molecule has 8 nitrogen and oxygen atoms in total. The lowest BCUT2D eigenvalue weighted by atomic mass is 9.95. The Hall–Kier alpha value is -3.56. The third-order valence-corrected chi connectivity index (χ3v) is 9.86. The van der Waals surface area contributed by atoms with Gasteiger partial charge in [0.1, 0.15) is 0 Å². The summed E-state index contributed by atoms with van der Waals surface area (Å²) in [4.78, 5) is 39.2. The van der Waals surface area contributed by atoms with Crippen molar-refractivity contribution in [2.24, 2.45) is 0 Å². The minimum absolute atomic E-state index is 0.0149. The number of nitrogens with zero attached hydrogens (tertiary/aromatic N) is 3. The number of piperidine rings is 1. The van der Waals surface area contributed by atoms with Gasteiger partial charge in [-0.05, 0) is 62.4 Å². The van der Waals surface area contributed by atoms with E-state index in [1.807, 2.05) is 28.1 Å². The van der Waals surface area contributed by atoms with Crippen LogP contribution < -0.4 is 15.5 Å². The molecule has 2 atom stereocenters. The Morgan fingerprint density at radius 3 is 2.80 bits per heavy atom. The number of halogens is 1. The van der Waals surface area contributed by atoms with Gasteiger partial charge in [-0.1, -0.05) is 29.8 Å². The van der Waals surface area contributed by atoms with Crippen LogP contribution in [0, 0.1) is 6.92 Å². The molecule has 2 aromatic heterocycles. The molecule has 3 fully saturated rings. The summed E-state index contributed by atoms with van der Waals surface area (Å²) in [5.41, 5.74) is 3.74. The number of benzene rings is 2. The number of aromatic nitrogens is 2. The lowest BCUT2D eigenvalue weighted by molar-refractivity contribution is 0.0887. The lowest BCUT2D eigenvalue weighted by Gasteiger charge is -2.35. The van der Waals surface area contributed by atoms with Gasteiger partial charge in [0.2, 0.25) is 0 Å². The SMILES string of the molecule is Cc1cnc(NCC2(c3ccc(N4C[C@@H]5[C@H](NC(=O)c6ccc7c(Cl)c[nH]c7c6)CCCN5C4=O)cc3)CC2)s1. The fourth-order valence-corrected chi connectivity index (χ4v) is 7.08. The highest BCUT2D eigenvalue weighted by molar-refractivity contribution is 7.15. The first-order chi connectivity index (χ1) is 19.4. The molecule has 206 valence electrons. The van der Waals surface area contributed by atoms with Crippen LogP contribution in [0.5, 0.6) is 0 Å². The van der Waals surface area contributed by atoms with Crippen molar-refractivity contribution < 1.29 is 9.59 Å². The molecule has 0 unspecified atom stereocenters. The van der Waals surface area contributed by atoms with Crippen LogP contribution in [0.4, 0.5) is 15.6 Å². The number of amides is 3. The highest BCUT2D eigenvalue weighted by Gasteiger charge is 2.46. The Labute approximate surface area is 241 Å². The van der Waals surface area contributed by atoms with Gasteiger partial charge in [0.25, 0.3) is 5.91 Å². The summed E-state index contributed by atoms with van der Waals surface area (Å²) < 4.78 is 0. The van der Waals surface area contributed by atoms with Crippen LogP contribution in [-0.4, -0.2) is 58.5 Å². The normalized spacial score (nSPS) is 21.5. The summed E-state index contributed by atoms with van der Waals surface area (Å²) in [5, 5.41) is 9.23. The van der Waals surface area contributed by atoms with Crippen molar-refractivity contribution >= 4 is 56.6 Å². The highest BCUT2D eigenvalue weighted by Crippen LogP contribution is 2.48. The summed E-state index contributed by atoms with van der Waals surface area (Å²) >= 11 is 7.87. The molecule has 2 aromatic carbocycles. The van der Waals surface area contributed by atoms with Crippen LogP contribution in [0.1, 0.15) is 46.5 Å². The van der Waals surface area contributed by atoms with Gasteiger partial charge in [0.15, 0.2) is 5.13 Å². The van der Waals surface area contributed by atoms with Gasteiger partial charge in [-0.2, -0.15) is 0 Å². The number of nitrogens with one attached hydrogen (secondary N) is 3. The van der Waals surface area contributed by atoms with Crippen LogP contribution in [0.15, 0.2) is 54.9 Å². The van der Waals surface area contributed by atoms with Crippen molar-refractivity contribution in [3.8, 4) is 0 Å². The van der Waals surface area contributed by atoms with E-state index in [-0.39, 0.29) is 29.4 Å². The summed E-state index contributed by atoms with van der Waals surface area (Å²) in [6.45, 7) is 4.20. The molecule has 4 heterocycles. The Morgan fingerprint density at radius 2 is 2.05 bits per heavy atom. The number of aryl methyl sites for hydroxylation is 1. The van der Waals surface area contributed by atoms with Gasteiger partial charge < -0.3 is 20.5 Å². The van der Waals surface area contributed by atoms with Gasteiger partial charge in [-0.15, -0.1) is 11.3 Å². The van der Waals surface area contributed by atoms with Gasteiger partial charge in [0.05, 0.1) is 23.7 Å². The number of aromatic amines is 1. The van der Waals surface area contributed by atoms with Gasteiger partial charge in [-0.25, -0.2) is 9.78 Å². The highest BCUT2D eigenvalue weighted by atomic mass is 35.5. The molecule has 4 aromatic rings. The van der Waals surface area contributed by atoms with Gasteiger partial charge in [-0.3, -0.25) is 9.69 Å². The first-order valence-electron chi connectivity index (χ1n) is 13.8. The molecular weight excluding hydrogens is 544 g/mol. The molecule has 2 aliphatic heterocycles. The molecule has 0 bridgehead atoms. The molecule has 3 aliphatic rings. The predicted octanol–water partition coefficient (Wildman–Crippen LogP) is 5.93. The van der Waals surface area contributed by atoms with Crippen molar-refractivity contribution in [3.05, 3.63) is 75.9 Å². The first-order valence-corrected chi connectivity index (χ1v) is 15.0. The predicted molar refractivity (Wildman–Crippen MR) is 160 cm³/mol. The number of urea groups is 1. The summed E-state index contributed by atoms with van der Waals surface area (Å²) in [7, 11) is 0. The van der Waals surface area contributed by atoms with E-state index in [0.717, 1.165) is 53.9 Å². The third kappa shape index (κ3) is 4.51. The Bertz CT molecular complexity index is 1590. The molecular formula is C30H31ClN6O2S. The van der Waals surface area contributed by atoms with Crippen LogP contribution in [0.25, 0.3) is 10.9 Å². The average molecular weight is 575 g/mol. The number of thiazole rings is 1. The second-order valence-corrected chi connectivity index (χ2v) is 12.9. The van der Waals surface area contributed by atoms with Crippen molar-refractivity contribution in [3.63, 3.8) is 0 Å². The largest absolute Gasteiger partial charge is 0.361 e. The van der Waals surface area contributed by atoms with E-state index >= 15 is 0 Å². The zero-order valence-corrected chi connectivity index (χ0v) is 23.8. The maximum atomic E-state index is 13.5. The maximum Gasteiger partial charge on any atom is 0.324 e. The molecule has 0 spiro atoms. The molecule has 7 rings (SSSR count). The van der Waals surface area contributed by atoms with Crippen LogP contribution >= 0.6 is 22.9 Å². The van der Waals surface area contributed by atoms with E-state index in [4.69, 9.17) is 11.6 Å². The van der Waals surface area contributed by atoms with Gasteiger partial charge in [0, 0.05) is 57.9 Å². The Morgan fingerprint density at radius 1 is 1.23 bits per heavy atom. The van der Waals surface area contributed by atoms with E-state index in [9.17, 15) is 9.59 Å². The van der Waals surface area contributed by atoms with Crippen molar-refractivity contribution in [1.29, 1.82) is 0 Å². The summed E-state index contributed by atoms with van der Waals surface area (Å²) in [6.07, 6.45) is 7.62.